The molecule has 0 radical (unpaired) electrons. The molecule has 3 rings (SSSR count). The highest BCUT2D eigenvalue weighted by Gasteiger charge is 2.41. The Morgan fingerprint density at radius 2 is 1.05 bits per heavy atom. The van der Waals surface area contributed by atoms with Crippen molar-refractivity contribution in [2.45, 2.75) is 38.9 Å². The van der Waals surface area contributed by atoms with Crippen LogP contribution in [0.5, 0.6) is 0 Å². The molecule has 1 heteroatoms. The van der Waals surface area contributed by atoms with Crippen molar-refractivity contribution in [1.29, 1.82) is 0 Å². The minimum Gasteiger partial charge on any atom is -0.359 e. The molecule has 2 unspecified atom stereocenters. The van der Waals surface area contributed by atoms with Gasteiger partial charge in [-0.15, -0.1) is 0 Å². The van der Waals surface area contributed by atoms with Crippen LogP contribution in [0.25, 0.3) is 0 Å². The third-order valence-corrected chi connectivity index (χ3v) is 3.92. The van der Waals surface area contributed by atoms with Gasteiger partial charge in [0.25, 0.3) is 0 Å². The van der Waals surface area contributed by atoms with E-state index < -0.39 is 0 Å². The average molecular weight is 252 g/mol. The summed E-state index contributed by atoms with van der Waals surface area (Å²) in [7, 11) is 0. The van der Waals surface area contributed by atoms with E-state index >= 15 is 0 Å². The zero-order valence-corrected chi connectivity index (χ0v) is 11.6. The lowest BCUT2D eigenvalue weighted by Gasteiger charge is -2.01. The van der Waals surface area contributed by atoms with Gasteiger partial charge in [0.15, 0.2) is 0 Å². The first-order chi connectivity index (χ1) is 9.31. The van der Waals surface area contributed by atoms with Gasteiger partial charge in [0, 0.05) is 0 Å². The summed E-state index contributed by atoms with van der Waals surface area (Å²) in [4.78, 5) is 0. The molecule has 0 N–H and O–H groups in total. The Morgan fingerprint density at radius 3 is 1.37 bits per heavy atom. The Balaban J connectivity index is 1.72. The largest absolute Gasteiger partial charge is 0.359 e. The first-order valence-corrected chi connectivity index (χ1v) is 7.15. The summed E-state index contributed by atoms with van der Waals surface area (Å²) in [6, 6.07) is 17.6. The molecule has 1 fully saturated rings. The zero-order valence-electron chi connectivity index (χ0n) is 11.6. The van der Waals surface area contributed by atoms with Crippen LogP contribution >= 0.6 is 0 Å². The van der Waals surface area contributed by atoms with Crippen LogP contribution in [0.1, 0.15) is 48.3 Å². The lowest BCUT2D eigenvalue weighted by Crippen LogP contribution is -1.87. The molecule has 0 amide bonds. The van der Waals surface area contributed by atoms with Crippen LogP contribution in [-0.4, -0.2) is 0 Å². The van der Waals surface area contributed by atoms with E-state index in [4.69, 9.17) is 4.74 Å². The fourth-order valence-electron chi connectivity index (χ4n) is 2.51. The van der Waals surface area contributed by atoms with E-state index in [2.05, 4.69) is 62.4 Å². The van der Waals surface area contributed by atoms with Gasteiger partial charge < -0.3 is 4.74 Å². The van der Waals surface area contributed by atoms with E-state index in [1.165, 1.54) is 22.3 Å². The molecule has 1 saturated heterocycles. The van der Waals surface area contributed by atoms with Crippen molar-refractivity contribution < 1.29 is 4.74 Å². The highest BCUT2D eigenvalue weighted by molar-refractivity contribution is 5.33. The molecule has 0 aliphatic carbocycles. The molecular formula is C18H20O. The van der Waals surface area contributed by atoms with E-state index in [1.54, 1.807) is 0 Å². The van der Waals surface area contributed by atoms with E-state index in [0.717, 1.165) is 12.8 Å². The Labute approximate surface area is 115 Å². The van der Waals surface area contributed by atoms with E-state index in [0.29, 0.717) is 0 Å². The predicted molar refractivity (Wildman–Crippen MR) is 78.2 cm³/mol. The maximum Gasteiger partial charge on any atom is 0.114 e. The third kappa shape index (κ3) is 2.57. The van der Waals surface area contributed by atoms with Crippen molar-refractivity contribution in [2.75, 3.05) is 0 Å². The zero-order chi connectivity index (χ0) is 13.2. The van der Waals surface area contributed by atoms with Gasteiger partial charge in [-0.3, -0.25) is 0 Å². The van der Waals surface area contributed by atoms with Crippen molar-refractivity contribution in [3.63, 3.8) is 0 Å². The van der Waals surface area contributed by atoms with Gasteiger partial charge in [-0.05, 0) is 35.1 Å². The maximum atomic E-state index is 5.84. The molecule has 1 aliphatic rings. The molecule has 19 heavy (non-hydrogen) atoms. The van der Waals surface area contributed by atoms with Crippen molar-refractivity contribution in [3.05, 3.63) is 70.8 Å². The number of aryl methyl sites for hydroxylation is 2. The summed E-state index contributed by atoms with van der Waals surface area (Å²) in [5.41, 5.74) is 5.35. The standard InChI is InChI=1S/C18H20O/c1-3-13-5-9-15(10-6-13)17-18(19-17)16-11-7-14(4-2)8-12-16/h5-12,17-18H,3-4H2,1-2H3. The quantitative estimate of drug-likeness (QED) is 0.723. The number of benzene rings is 2. The second-order valence-corrected chi connectivity index (χ2v) is 5.17. The molecule has 1 heterocycles. The van der Waals surface area contributed by atoms with Crippen LogP contribution in [-0.2, 0) is 17.6 Å². The SMILES string of the molecule is CCc1ccc(C2OC2c2ccc(CC)cc2)cc1. The summed E-state index contributed by atoms with van der Waals surface area (Å²) in [5.74, 6) is 0. The molecule has 2 aromatic carbocycles. The van der Waals surface area contributed by atoms with Gasteiger partial charge >= 0.3 is 0 Å². The Morgan fingerprint density at radius 1 is 0.684 bits per heavy atom. The first kappa shape index (κ1) is 12.4. The second-order valence-electron chi connectivity index (χ2n) is 5.17. The smallest absolute Gasteiger partial charge is 0.114 e. The molecular weight excluding hydrogens is 232 g/mol. The monoisotopic (exact) mass is 252 g/mol. The lowest BCUT2D eigenvalue weighted by molar-refractivity contribution is 0.377. The van der Waals surface area contributed by atoms with Crippen LogP contribution in [0, 0.1) is 0 Å². The maximum absolute atomic E-state index is 5.84. The molecule has 0 spiro atoms. The fraction of sp³-hybridized carbons (Fsp3) is 0.333. The van der Waals surface area contributed by atoms with Gasteiger partial charge in [-0.25, -0.2) is 0 Å². The highest BCUT2D eigenvalue weighted by atomic mass is 16.6. The summed E-state index contributed by atoms with van der Waals surface area (Å²) < 4.78 is 5.84. The summed E-state index contributed by atoms with van der Waals surface area (Å²) in [6.07, 6.45) is 2.68. The van der Waals surface area contributed by atoms with Crippen LogP contribution in [0.4, 0.5) is 0 Å². The normalized spacial score (nSPS) is 21.4. The Kier molecular flexibility index (Phi) is 3.39. The molecule has 0 bridgehead atoms. The van der Waals surface area contributed by atoms with Crippen LogP contribution in [0.15, 0.2) is 48.5 Å². The summed E-state index contributed by atoms with van der Waals surface area (Å²) in [5, 5.41) is 0. The molecule has 2 atom stereocenters. The Hall–Kier alpha value is -1.60. The van der Waals surface area contributed by atoms with E-state index in [1.807, 2.05) is 0 Å². The minimum atomic E-state index is 0.249. The molecule has 1 aliphatic heterocycles. The molecule has 98 valence electrons. The van der Waals surface area contributed by atoms with Crippen molar-refractivity contribution in [3.8, 4) is 0 Å². The van der Waals surface area contributed by atoms with Crippen LogP contribution < -0.4 is 0 Å². The van der Waals surface area contributed by atoms with Crippen molar-refractivity contribution in [2.24, 2.45) is 0 Å². The van der Waals surface area contributed by atoms with Gasteiger partial charge in [0.1, 0.15) is 12.2 Å². The first-order valence-electron chi connectivity index (χ1n) is 7.15. The number of ether oxygens (including phenoxy) is 1. The van der Waals surface area contributed by atoms with Crippen LogP contribution in [0.3, 0.4) is 0 Å². The second kappa shape index (κ2) is 5.18. The molecule has 0 saturated carbocycles. The van der Waals surface area contributed by atoms with Crippen LogP contribution in [0.2, 0.25) is 0 Å². The van der Waals surface area contributed by atoms with Gasteiger partial charge in [-0.2, -0.15) is 0 Å². The Bertz CT molecular complexity index is 487. The minimum absolute atomic E-state index is 0.249. The van der Waals surface area contributed by atoms with E-state index in [-0.39, 0.29) is 12.2 Å². The molecule has 1 nitrogen and oxygen atoms in total. The average Bonchev–Trinajstić information content (AvgIpc) is 3.28. The highest BCUT2D eigenvalue weighted by Crippen LogP contribution is 2.50. The topological polar surface area (TPSA) is 12.5 Å². The van der Waals surface area contributed by atoms with Crippen molar-refractivity contribution in [1.82, 2.24) is 0 Å². The lowest BCUT2D eigenvalue weighted by atomic mass is 10.0. The number of rotatable bonds is 4. The third-order valence-electron chi connectivity index (χ3n) is 3.92. The van der Waals surface area contributed by atoms with Gasteiger partial charge in [0.2, 0.25) is 0 Å². The predicted octanol–water partition coefficient (Wildman–Crippen LogP) is 4.62. The number of epoxide rings is 1. The molecule has 0 aromatic heterocycles. The molecule has 2 aromatic rings. The number of hydrogen-bond donors (Lipinski definition) is 0. The van der Waals surface area contributed by atoms with Crippen molar-refractivity contribution >= 4 is 0 Å². The van der Waals surface area contributed by atoms with E-state index in [9.17, 15) is 0 Å². The van der Waals surface area contributed by atoms with Gasteiger partial charge in [0.05, 0.1) is 0 Å². The van der Waals surface area contributed by atoms with Gasteiger partial charge in [-0.1, -0.05) is 62.4 Å². The summed E-state index contributed by atoms with van der Waals surface area (Å²) >= 11 is 0. The number of hydrogen-bond acceptors (Lipinski definition) is 1. The summed E-state index contributed by atoms with van der Waals surface area (Å²) in [6.45, 7) is 4.36. The fourth-order valence-corrected chi connectivity index (χ4v) is 2.51.